The number of H-pyrrole nitrogens is 2. The fourth-order valence-electron chi connectivity index (χ4n) is 3.01. The van der Waals surface area contributed by atoms with Crippen LogP contribution in [0.2, 0.25) is 0 Å². The predicted octanol–water partition coefficient (Wildman–Crippen LogP) is 3.88. The highest BCUT2D eigenvalue weighted by Gasteiger charge is 2.12. The molecule has 3 aromatic heterocycles. The maximum Gasteiger partial charge on any atom is 0.261 e. The molecule has 5 nitrogen and oxygen atoms in total. The first-order valence-corrected chi connectivity index (χ1v) is 8.84. The number of aromatic amines is 2. The molecular formula is C18H17FN4OS. The van der Waals surface area contributed by atoms with E-state index < -0.39 is 0 Å². The van der Waals surface area contributed by atoms with Crippen LogP contribution < -0.4 is 10.9 Å². The van der Waals surface area contributed by atoms with Gasteiger partial charge in [-0.15, -0.1) is 11.3 Å². The third-order valence-corrected chi connectivity index (χ3v) is 5.56. The number of hydrogen-bond donors (Lipinski definition) is 3. The van der Waals surface area contributed by atoms with Crippen molar-refractivity contribution in [2.75, 3.05) is 11.9 Å². The van der Waals surface area contributed by atoms with E-state index in [1.807, 2.05) is 20.0 Å². The smallest absolute Gasteiger partial charge is 0.261 e. The van der Waals surface area contributed by atoms with Crippen molar-refractivity contribution in [1.82, 2.24) is 15.0 Å². The first kappa shape index (κ1) is 15.8. The summed E-state index contributed by atoms with van der Waals surface area (Å²) in [6.45, 7) is 4.51. The molecule has 0 atom stereocenters. The summed E-state index contributed by atoms with van der Waals surface area (Å²) in [4.78, 5) is 24.5. The third-order valence-electron chi connectivity index (χ3n) is 4.46. The maximum absolute atomic E-state index is 13.4. The first-order valence-electron chi connectivity index (χ1n) is 8.02. The van der Waals surface area contributed by atoms with Crippen LogP contribution in [-0.4, -0.2) is 21.5 Å². The van der Waals surface area contributed by atoms with E-state index in [1.165, 1.54) is 23.5 Å². The molecular weight excluding hydrogens is 339 g/mol. The van der Waals surface area contributed by atoms with Gasteiger partial charge in [0.05, 0.1) is 5.39 Å². The molecule has 0 spiro atoms. The zero-order chi connectivity index (χ0) is 17.6. The van der Waals surface area contributed by atoms with Crippen LogP contribution in [0.15, 0.2) is 29.2 Å². The Balaban J connectivity index is 1.54. The number of nitrogens with zero attached hydrogens (tertiary/aromatic N) is 1. The van der Waals surface area contributed by atoms with Gasteiger partial charge in [-0.1, -0.05) is 0 Å². The average Bonchev–Trinajstić information content (AvgIpc) is 3.09. The molecule has 3 N–H and O–H groups in total. The Bertz CT molecular complexity index is 1140. The van der Waals surface area contributed by atoms with Crippen LogP contribution in [0.1, 0.15) is 16.0 Å². The molecule has 128 valence electrons. The summed E-state index contributed by atoms with van der Waals surface area (Å²) in [5.41, 5.74) is 2.80. The predicted molar refractivity (Wildman–Crippen MR) is 100 cm³/mol. The van der Waals surface area contributed by atoms with Crippen LogP contribution in [0.25, 0.3) is 21.1 Å². The Morgan fingerprint density at radius 3 is 3.00 bits per heavy atom. The number of fused-ring (bicyclic) bond motifs is 2. The molecule has 1 aromatic carbocycles. The van der Waals surface area contributed by atoms with E-state index in [0.29, 0.717) is 24.3 Å². The quantitative estimate of drug-likeness (QED) is 0.520. The van der Waals surface area contributed by atoms with E-state index in [0.717, 1.165) is 31.7 Å². The molecule has 4 rings (SSSR count). The average molecular weight is 356 g/mol. The maximum atomic E-state index is 13.4. The topological polar surface area (TPSA) is 73.6 Å². The summed E-state index contributed by atoms with van der Waals surface area (Å²) in [5, 5.41) is 4.70. The molecule has 7 heteroatoms. The third kappa shape index (κ3) is 2.80. The normalized spacial score (nSPS) is 11.5. The lowest BCUT2D eigenvalue weighted by Gasteiger charge is -2.05. The van der Waals surface area contributed by atoms with E-state index >= 15 is 0 Å². The standard InChI is InChI=1S/C18H17FN4OS/c1-9-10(2)25-17-15(9)16(24)22-18(23-17)20-6-5-11-8-21-14-4-3-12(19)7-13(11)14/h3-4,7-8,21H,5-6H2,1-2H3,(H2,20,22,23,24). The Morgan fingerprint density at radius 2 is 2.16 bits per heavy atom. The molecule has 0 saturated heterocycles. The highest BCUT2D eigenvalue weighted by molar-refractivity contribution is 7.18. The molecule has 0 aliphatic rings. The Labute approximate surface area is 146 Å². The van der Waals surface area contributed by atoms with Crippen molar-refractivity contribution in [2.24, 2.45) is 0 Å². The van der Waals surface area contributed by atoms with Gasteiger partial charge in [0.2, 0.25) is 5.95 Å². The number of halogens is 1. The van der Waals surface area contributed by atoms with Crippen molar-refractivity contribution in [3.05, 3.63) is 56.6 Å². The van der Waals surface area contributed by atoms with Gasteiger partial charge in [0.1, 0.15) is 10.6 Å². The molecule has 25 heavy (non-hydrogen) atoms. The largest absolute Gasteiger partial charge is 0.361 e. The Kier molecular flexibility index (Phi) is 3.80. The lowest BCUT2D eigenvalue weighted by molar-refractivity contribution is 0.629. The molecule has 0 saturated carbocycles. The van der Waals surface area contributed by atoms with Crippen molar-refractivity contribution in [3.63, 3.8) is 0 Å². The van der Waals surface area contributed by atoms with Crippen LogP contribution in [0.4, 0.5) is 10.3 Å². The van der Waals surface area contributed by atoms with E-state index in [9.17, 15) is 9.18 Å². The van der Waals surface area contributed by atoms with Crippen molar-refractivity contribution in [1.29, 1.82) is 0 Å². The van der Waals surface area contributed by atoms with E-state index in [4.69, 9.17) is 0 Å². The lowest BCUT2D eigenvalue weighted by atomic mass is 10.1. The molecule has 0 radical (unpaired) electrons. The van der Waals surface area contributed by atoms with E-state index in [-0.39, 0.29) is 11.4 Å². The van der Waals surface area contributed by atoms with E-state index in [1.54, 1.807) is 6.07 Å². The SMILES string of the molecule is Cc1sc2nc(NCCc3c[nH]c4ccc(F)cc34)[nH]c(=O)c2c1C. The summed E-state index contributed by atoms with van der Waals surface area (Å²) in [6.07, 6.45) is 2.57. The van der Waals surface area contributed by atoms with Gasteiger partial charge in [-0.05, 0) is 49.6 Å². The van der Waals surface area contributed by atoms with Gasteiger partial charge < -0.3 is 10.3 Å². The second kappa shape index (κ2) is 6.00. The second-order valence-electron chi connectivity index (χ2n) is 6.06. The summed E-state index contributed by atoms with van der Waals surface area (Å²) < 4.78 is 13.4. The number of hydrogen-bond acceptors (Lipinski definition) is 4. The van der Waals surface area contributed by atoms with Crippen LogP contribution >= 0.6 is 11.3 Å². The van der Waals surface area contributed by atoms with Crippen LogP contribution in [-0.2, 0) is 6.42 Å². The molecule has 0 amide bonds. The second-order valence-corrected chi connectivity index (χ2v) is 7.26. The summed E-state index contributed by atoms with van der Waals surface area (Å²) in [6, 6.07) is 4.70. The molecule has 4 aromatic rings. The molecule has 0 unspecified atom stereocenters. The van der Waals surface area contributed by atoms with Gasteiger partial charge in [-0.3, -0.25) is 9.78 Å². The molecule has 0 aliphatic heterocycles. The van der Waals surface area contributed by atoms with Gasteiger partial charge in [0.15, 0.2) is 0 Å². The fraction of sp³-hybridized carbons (Fsp3) is 0.222. The summed E-state index contributed by atoms with van der Waals surface area (Å²) in [7, 11) is 0. The number of nitrogens with one attached hydrogen (secondary N) is 3. The highest BCUT2D eigenvalue weighted by atomic mass is 32.1. The minimum atomic E-state index is -0.249. The highest BCUT2D eigenvalue weighted by Crippen LogP contribution is 2.26. The van der Waals surface area contributed by atoms with Gasteiger partial charge in [-0.25, -0.2) is 9.37 Å². The van der Waals surface area contributed by atoms with Crippen LogP contribution in [0.3, 0.4) is 0 Å². The summed E-state index contributed by atoms with van der Waals surface area (Å²) >= 11 is 1.52. The Morgan fingerprint density at radius 1 is 1.32 bits per heavy atom. The van der Waals surface area contributed by atoms with Gasteiger partial charge in [0, 0.05) is 28.5 Å². The zero-order valence-corrected chi connectivity index (χ0v) is 14.7. The molecule has 0 fully saturated rings. The lowest BCUT2D eigenvalue weighted by Crippen LogP contribution is -2.14. The van der Waals surface area contributed by atoms with E-state index in [2.05, 4.69) is 20.3 Å². The first-order chi connectivity index (χ1) is 12.0. The van der Waals surface area contributed by atoms with Crippen molar-refractivity contribution >= 4 is 38.4 Å². The number of rotatable bonds is 4. The molecule has 3 heterocycles. The number of thiophene rings is 1. The van der Waals surface area contributed by atoms with Gasteiger partial charge in [0.25, 0.3) is 5.56 Å². The summed E-state index contributed by atoms with van der Waals surface area (Å²) in [5.74, 6) is 0.214. The molecule has 0 aliphatic carbocycles. The monoisotopic (exact) mass is 356 g/mol. The zero-order valence-electron chi connectivity index (χ0n) is 13.9. The van der Waals surface area contributed by atoms with Gasteiger partial charge >= 0.3 is 0 Å². The minimum absolute atomic E-state index is 0.122. The fourth-order valence-corrected chi connectivity index (χ4v) is 4.04. The van der Waals surface area contributed by atoms with Crippen LogP contribution in [0, 0.1) is 19.7 Å². The van der Waals surface area contributed by atoms with Crippen molar-refractivity contribution < 1.29 is 4.39 Å². The Hall–Kier alpha value is -2.67. The number of anilines is 1. The van der Waals surface area contributed by atoms with Crippen LogP contribution in [0.5, 0.6) is 0 Å². The molecule has 0 bridgehead atoms. The van der Waals surface area contributed by atoms with Gasteiger partial charge in [-0.2, -0.15) is 0 Å². The number of aromatic nitrogens is 3. The van der Waals surface area contributed by atoms with Crippen molar-refractivity contribution in [3.8, 4) is 0 Å². The van der Waals surface area contributed by atoms with Crippen molar-refractivity contribution in [2.45, 2.75) is 20.3 Å². The number of aryl methyl sites for hydroxylation is 2. The number of benzene rings is 1. The minimum Gasteiger partial charge on any atom is -0.361 e.